The largest absolute Gasteiger partial charge is 0.337 e. The van der Waals surface area contributed by atoms with Crippen molar-refractivity contribution in [2.45, 2.75) is 13.0 Å². The van der Waals surface area contributed by atoms with Crippen LogP contribution in [0.3, 0.4) is 0 Å². The average molecular weight is 387 g/mol. The number of carbonyl (C=O) groups excluding carboxylic acids is 1. The van der Waals surface area contributed by atoms with E-state index >= 15 is 0 Å². The fourth-order valence-electron chi connectivity index (χ4n) is 2.46. The third kappa shape index (κ3) is 4.48. The first kappa shape index (κ1) is 18.5. The maximum absolute atomic E-state index is 12.4. The molecule has 8 nitrogen and oxygen atoms in total. The molecule has 0 aliphatic rings. The highest BCUT2D eigenvalue weighted by Gasteiger charge is 2.19. The summed E-state index contributed by atoms with van der Waals surface area (Å²) in [6.07, 6.45) is -0.0914. The zero-order valence-corrected chi connectivity index (χ0v) is 15.1. The molecule has 3 rings (SSSR count). The van der Waals surface area contributed by atoms with E-state index in [1.165, 1.54) is 11.0 Å². The first-order valence-corrected chi connectivity index (χ1v) is 8.36. The van der Waals surface area contributed by atoms with Crippen LogP contribution in [0.5, 0.6) is 0 Å². The minimum atomic E-state index is -0.501. The number of aromatic nitrogens is 2. The SMILES string of the molecule is CN(Cc1nc(-c2ccc(Cl)cc2)no1)C(=O)Cc1ccccc1[N+](=O)[O-]. The zero-order valence-electron chi connectivity index (χ0n) is 14.3. The van der Waals surface area contributed by atoms with Crippen LogP contribution in [-0.2, 0) is 17.8 Å². The zero-order chi connectivity index (χ0) is 19.4. The average Bonchev–Trinajstić information content (AvgIpc) is 3.11. The number of rotatable bonds is 6. The van der Waals surface area contributed by atoms with Gasteiger partial charge in [-0.1, -0.05) is 35.0 Å². The van der Waals surface area contributed by atoms with Gasteiger partial charge in [0, 0.05) is 29.3 Å². The van der Waals surface area contributed by atoms with Gasteiger partial charge in [0.25, 0.3) is 5.69 Å². The molecule has 0 atom stereocenters. The summed E-state index contributed by atoms with van der Waals surface area (Å²) in [5.74, 6) is 0.357. The van der Waals surface area contributed by atoms with Crippen LogP contribution in [0.15, 0.2) is 53.1 Å². The number of likely N-dealkylation sites (N-methyl/N-ethyl adjacent to an activating group) is 1. The van der Waals surface area contributed by atoms with Crippen LogP contribution < -0.4 is 0 Å². The topological polar surface area (TPSA) is 102 Å². The van der Waals surface area contributed by atoms with E-state index in [1.807, 2.05) is 0 Å². The Balaban J connectivity index is 1.67. The maximum Gasteiger partial charge on any atom is 0.273 e. The number of amides is 1. The molecule has 0 spiro atoms. The number of benzene rings is 2. The summed E-state index contributed by atoms with van der Waals surface area (Å²) in [4.78, 5) is 28.6. The number of nitrogens with zero attached hydrogens (tertiary/aromatic N) is 4. The number of halogens is 1. The smallest absolute Gasteiger partial charge is 0.273 e. The van der Waals surface area contributed by atoms with Crippen molar-refractivity contribution in [3.8, 4) is 11.4 Å². The van der Waals surface area contributed by atoms with Crippen molar-refractivity contribution in [3.05, 3.63) is 75.1 Å². The number of hydrogen-bond donors (Lipinski definition) is 0. The fraction of sp³-hybridized carbons (Fsp3) is 0.167. The van der Waals surface area contributed by atoms with Crippen LogP contribution in [0, 0.1) is 10.1 Å². The van der Waals surface area contributed by atoms with E-state index in [2.05, 4.69) is 10.1 Å². The lowest BCUT2D eigenvalue weighted by molar-refractivity contribution is -0.385. The summed E-state index contributed by atoms with van der Waals surface area (Å²) in [5, 5.41) is 15.6. The van der Waals surface area contributed by atoms with Crippen molar-refractivity contribution in [3.63, 3.8) is 0 Å². The summed E-state index contributed by atoms with van der Waals surface area (Å²) in [6, 6.07) is 13.1. The number of hydrogen-bond acceptors (Lipinski definition) is 6. The van der Waals surface area contributed by atoms with Crippen LogP contribution in [0.25, 0.3) is 11.4 Å². The number of para-hydroxylation sites is 1. The standard InChI is InChI=1S/C18H15ClN4O4/c1-22(17(24)10-13-4-2-3-5-15(13)23(25)26)11-16-20-18(21-27-16)12-6-8-14(19)9-7-12/h2-9H,10-11H2,1H3. The van der Waals surface area contributed by atoms with Gasteiger partial charge in [0.2, 0.25) is 17.6 Å². The Morgan fingerprint density at radius 3 is 2.63 bits per heavy atom. The Labute approximate surface area is 159 Å². The summed E-state index contributed by atoms with van der Waals surface area (Å²) in [7, 11) is 1.57. The van der Waals surface area contributed by atoms with Crippen molar-refractivity contribution in [1.29, 1.82) is 0 Å². The van der Waals surface area contributed by atoms with E-state index in [-0.39, 0.29) is 30.5 Å². The Morgan fingerprint density at radius 1 is 1.22 bits per heavy atom. The van der Waals surface area contributed by atoms with Crippen LogP contribution >= 0.6 is 11.6 Å². The summed E-state index contributed by atoms with van der Waals surface area (Å²) < 4.78 is 5.19. The molecule has 0 aliphatic carbocycles. The molecule has 0 bridgehead atoms. The summed E-state index contributed by atoms with van der Waals surface area (Å²) in [6.45, 7) is 0.0973. The molecule has 3 aromatic rings. The van der Waals surface area contributed by atoms with E-state index in [9.17, 15) is 14.9 Å². The van der Waals surface area contributed by atoms with E-state index in [1.54, 1.807) is 49.5 Å². The Kier molecular flexibility index (Phi) is 5.46. The predicted octanol–water partition coefficient (Wildman–Crippen LogP) is 3.50. The predicted molar refractivity (Wildman–Crippen MR) is 98.0 cm³/mol. The lowest BCUT2D eigenvalue weighted by Gasteiger charge is -2.14. The van der Waals surface area contributed by atoms with Crippen LogP contribution in [0.1, 0.15) is 11.5 Å². The fourth-order valence-corrected chi connectivity index (χ4v) is 2.59. The molecule has 1 amide bonds. The lowest BCUT2D eigenvalue weighted by atomic mass is 10.1. The summed E-state index contributed by atoms with van der Waals surface area (Å²) in [5.41, 5.74) is 1.01. The molecule has 27 heavy (non-hydrogen) atoms. The first-order valence-electron chi connectivity index (χ1n) is 7.99. The number of nitro groups is 1. The van der Waals surface area contributed by atoms with Gasteiger partial charge in [0.05, 0.1) is 17.9 Å². The van der Waals surface area contributed by atoms with E-state index < -0.39 is 4.92 Å². The Hall–Kier alpha value is -3.26. The van der Waals surface area contributed by atoms with Gasteiger partial charge in [-0.15, -0.1) is 0 Å². The molecular weight excluding hydrogens is 372 g/mol. The van der Waals surface area contributed by atoms with Gasteiger partial charge in [0.15, 0.2) is 0 Å². The number of carbonyl (C=O) groups is 1. The van der Waals surface area contributed by atoms with Crippen molar-refractivity contribution >= 4 is 23.2 Å². The molecule has 1 aromatic heterocycles. The van der Waals surface area contributed by atoms with Crippen molar-refractivity contribution < 1.29 is 14.2 Å². The maximum atomic E-state index is 12.4. The quantitative estimate of drug-likeness (QED) is 0.474. The van der Waals surface area contributed by atoms with Crippen molar-refractivity contribution in [1.82, 2.24) is 15.0 Å². The lowest BCUT2D eigenvalue weighted by Crippen LogP contribution is -2.28. The second-order valence-corrected chi connectivity index (χ2v) is 6.27. The summed E-state index contributed by atoms with van der Waals surface area (Å²) >= 11 is 5.85. The van der Waals surface area contributed by atoms with Gasteiger partial charge in [-0.2, -0.15) is 4.98 Å². The molecule has 0 fully saturated rings. The van der Waals surface area contributed by atoms with Crippen molar-refractivity contribution in [2.24, 2.45) is 0 Å². The van der Waals surface area contributed by atoms with Crippen LogP contribution in [0.4, 0.5) is 5.69 Å². The minimum absolute atomic E-state index is 0.0814. The molecule has 9 heteroatoms. The Bertz CT molecular complexity index is 972. The highest BCUT2D eigenvalue weighted by atomic mass is 35.5. The molecule has 0 radical (unpaired) electrons. The second-order valence-electron chi connectivity index (χ2n) is 5.83. The highest BCUT2D eigenvalue weighted by molar-refractivity contribution is 6.30. The molecule has 0 unspecified atom stereocenters. The van der Waals surface area contributed by atoms with Crippen molar-refractivity contribution in [2.75, 3.05) is 7.05 Å². The normalized spacial score (nSPS) is 10.6. The molecular formula is C18H15ClN4O4. The van der Waals surface area contributed by atoms with E-state index in [0.29, 0.717) is 16.4 Å². The second kappa shape index (κ2) is 7.96. The van der Waals surface area contributed by atoms with Gasteiger partial charge in [0.1, 0.15) is 0 Å². The molecule has 0 N–H and O–H groups in total. The molecule has 0 aliphatic heterocycles. The van der Waals surface area contributed by atoms with Gasteiger partial charge in [-0.3, -0.25) is 14.9 Å². The molecule has 138 valence electrons. The monoisotopic (exact) mass is 386 g/mol. The van der Waals surface area contributed by atoms with E-state index in [0.717, 1.165) is 5.56 Å². The van der Waals surface area contributed by atoms with Gasteiger partial charge >= 0.3 is 0 Å². The van der Waals surface area contributed by atoms with Gasteiger partial charge in [-0.25, -0.2) is 0 Å². The van der Waals surface area contributed by atoms with Crippen LogP contribution in [-0.4, -0.2) is 32.9 Å². The molecule has 0 saturated heterocycles. The Morgan fingerprint density at radius 2 is 1.93 bits per heavy atom. The first-order chi connectivity index (χ1) is 12.9. The molecule has 2 aromatic carbocycles. The van der Waals surface area contributed by atoms with Gasteiger partial charge in [-0.05, 0) is 24.3 Å². The van der Waals surface area contributed by atoms with E-state index in [4.69, 9.17) is 16.1 Å². The third-order valence-corrected chi connectivity index (χ3v) is 4.15. The van der Waals surface area contributed by atoms with Gasteiger partial charge < -0.3 is 9.42 Å². The minimum Gasteiger partial charge on any atom is -0.337 e. The van der Waals surface area contributed by atoms with Crippen LogP contribution in [0.2, 0.25) is 5.02 Å². The number of nitro benzene ring substituents is 1. The highest BCUT2D eigenvalue weighted by Crippen LogP contribution is 2.20. The third-order valence-electron chi connectivity index (χ3n) is 3.90. The molecule has 0 saturated carbocycles. The molecule has 1 heterocycles.